The fourth-order valence-corrected chi connectivity index (χ4v) is 2.22. The number of hydrogen-bond acceptors (Lipinski definition) is 6. The van der Waals surface area contributed by atoms with Crippen LogP contribution in [0.25, 0.3) is 0 Å². The first-order valence-electron chi connectivity index (χ1n) is 7.94. The smallest absolute Gasteiger partial charge is 0.275 e. The zero-order valence-electron chi connectivity index (χ0n) is 14.7. The second-order valence-corrected chi connectivity index (χ2v) is 5.79. The Labute approximate surface area is 154 Å². The predicted octanol–water partition coefficient (Wildman–Crippen LogP) is 2.74. The van der Waals surface area contributed by atoms with Crippen molar-refractivity contribution in [2.45, 2.75) is 20.3 Å². The van der Waals surface area contributed by atoms with Crippen LogP contribution < -0.4 is 10.7 Å². The molecule has 9 heteroatoms. The molecule has 3 N–H and O–H groups in total. The highest BCUT2D eigenvalue weighted by Crippen LogP contribution is 2.21. The summed E-state index contributed by atoms with van der Waals surface area (Å²) in [7, 11) is 0. The van der Waals surface area contributed by atoms with Gasteiger partial charge in [0.2, 0.25) is 5.91 Å². The van der Waals surface area contributed by atoms with Gasteiger partial charge < -0.3 is 10.4 Å². The van der Waals surface area contributed by atoms with Crippen molar-refractivity contribution in [1.82, 2.24) is 5.43 Å². The van der Waals surface area contributed by atoms with E-state index in [1.807, 2.05) is 0 Å². The van der Waals surface area contributed by atoms with E-state index in [4.69, 9.17) is 0 Å². The largest absolute Gasteiger partial charge is 0.507 e. The van der Waals surface area contributed by atoms with Crippen molar-refractivity contribution in [3.05, 3.63) is 63.7 Å². The summed E-state index contributed by atoms with van der Waals surface area (Å²) >= 11 is 0. The average molecular weight is 370 g/mol. The highest BCUT2D eigenvalue weighted by molar-refractivity contribution is 6.06. The third-order valence-corrected chi connectivity index (χ3v) is 3.59. The maximum Gasteiger partial charge on any atom is 0.275 e. The van der Waals surface area contributed by atoms with E-state index >= 15 is 0 Å². The van der Waals surface area contributed by atoms with Crippen LogP contribution in [0.1, 0.15) is 29.3 Å². The molecule has 140 valence electrons. The number of hydrogen-bond donors (Lipinski definition) is 3. The molecule has 2 rings (SSSR count). The number of nitrogens with one attached hydrogen (secondary N) is 2. The molecule has 0 atom stereocenters. The molecule has 0 aliphatic carbocycles. The van der Waals surface area contributed by atoms with Gasteiger partial charge in [-0.15, -0.1) is 0 Å². The van der Waals surface area contributed by atoms with Crippen molar-refractivity contribution in [2.75, 3.05) is 5.32 Å². The van der Waals surface area contributed by atoms with Crippen LogP contribution in [0, 0.1) is 17.0 Å². The number of carbonyl (C=O) groups excluding carboxylic acids is 2. The molecule has 0 heterocycles. The summed E-state index contributed by atoms with van der Waals surface area (Å²) in [5.74, 6) is -1.18. The number of amides is 2. The Balaban J connectivity index is 1.95. The third-order valence-electron chi connectivity index (χ3n) is 3.59. The van der Waals surface area contributed by atoms with Crippen LogP contribution in [0.5, 0.6) is 5.75 Å². The molecule has 0 spiro atoms. The van der Waals surface area contributed by atoms with Gasteiger partial charge in [0, 0.05) is 23.5 Å². The molecule has 0 aromatic heterocycles. The van der Waals surface area contributed by atoms with Gasteiger partial charge in [-0.25, -0.2) is 5.43 Å². The number of phenols is 1. The van der Waals surface area contributed by atoms with Crippen LogP contribution in [0.15, 0.2) is 47.6 Å². The Morgan fingerprint density at radius 3 is 2.63 bits per heavy atom. The maximum absolute atomic E-state index is 12.1. The number of nitrogens with zero attached hydrogens (tertiary/aromatic N) is 2. The SMILES string of the molecule is C/C(CC(=O)Nc1cccc([N+](=O)[O-])c1)=N\NC(=O)c1cccc(C)c1O. The van der Waals surface area contributed by atoms with Crippen LogP contribution in [-0.4, -0.2) is 27.6 Å². The number of aromatic hydroxyl groups is 1. The van der Waals surface area contributed by atoms with Crippen molar-refractivity contribution in [3.63, 3.8) is 0 Å². The lowest BCUT2D eigenvalue weighted by Gasteiger charge is -2.07. The first-order valence-corrected chi connectivity index (χ1v) is 7.94. The first-order chi connectivity index (χ1) is 12.8. The number of aryl methyl sites for hydroxylation is 1. The fraction of sp³-hybridized carbons (Fsp3) is 0.167. The monoisotopic (exact) mass is 370 g/mol. The van der Waals surface area contributed by atoms with Crippen molar-refractivity contribution >= 4 is 28.9 Å². The lowest BCUT2D eigenvalue weighted by Crippen LogP contribution is -2.21. The molecule has 9 nitrogen and oxygen atoms in total. The minimum absolute atomic E-state index is 0.0765. The zero-order valence-corrected chi connectivity index (χ0v) is 14.7. The highest BCUT2D eigenvalue weighted by atomic mass is 16.6. The second kappa shape index (κ2) is 8.56. The van der Waals surface area contributed by atoms with Crippen LogP contribution in [0.4, 0.5) is 11.4 Å². The quantitative estimate of drug-likeness (QED) is 0.408. The minimum atomic E-state index is -0.602. The molecule has 0 saturated carbocycles. The Hall–Kier alpha value is -3.75. The van der Waals surface area contributed by atoms with Crippen LogP contribution in [-0.2, 0) is 4.79 Å². The summed E-state index contributed by atoms with van der Waals surface area (Å²) in [6, 6.07) is 10.3. The summed E-state index contributed by atoms with van der Waals surface area (Å²) in [5, 5.41) is 27.0. The maximum atomic E-state index is 12.1. The molecule has 0 saturated heterocycles. The second-order valence-electron chi connectivity index (χ2n) is 5.79. The van der Waals surface area contributed by atoms with Crippen LogP contribution in [0.2, 0.25) is 0 Å². The number of phenolic OH excluding ortho intramolecular Hbond substituents is 1. The van der Waals surface area contributed by atoms with E-state index in [-0.39, 0.29) is 29.1 Å². The van der Waals surface area contributed by atoms with Crippen molar-refractivity contribution < 1.29 is 19.6 Å². The molecule has 0 fully saturated rings. The van der Waals surface area contributed by atoms with E-state index in [0.29, 0.717) is 11.3 Å². The lowest BCUT2D eigenvalue weighted by molar-refractivity contribution is -0.384. The van der Waals surface area contributed by atoms with Gasteiger partial charge in [0.15, 0.2) is 0 Å². The summed E-state index contributed by atoms with van der Waals surface area (Å²) < 4.78 is 0. The van der Waals surface area contributed by atoms with Crippen molar-refractivity contribution in [1.29, 1.82) is 0 Å². The molecule has 2 aromatic rings. The molecule has 2 aromatic carbocycles. The minimum Gasteiger partial charge on any atom is -0.507 e. The van der Waals surface area contributed by atoms with Gasteiger partial charge in [0.05, 0.1) is 16.9 Å². The van der Waals surface area contributed by atoms with Gasteiger partial charge in [0.1, 0.15) is 5.75 Å². The predicted molar refractivity (Wildman–Crippen MR) is 99.8 cm³/mol. The number of para-hydroxylation sites is 1. The molecular weight excluding hydrogens is 352 g/mol. The number of benzene rings is 2. The van der Waals surface area contributed by atoms with Crippen molar-refractivity contribution in [2.24, 2.45) is 5.10 Å². The van der Waals surface area contributed by atoms with E-state index in [0.717, 1.165) is 0 Å². The van der Waals surface area contributed by atoms with Crippen LogP contribution in [0.3, 0.4) is 0 Å². The normalized spacial score (nSPS) is 11.0. The number of carbonyl (C=O) groups is 2. The van der Waals surface area contributed by atoms with Crippen molar-refractivity contribution in [3.8, 4) is 5.75 Å². The summed E-state index contributed by atoms with van der Waals surface area (Å²) in [6.07, 6.45) is -0.122. The highest BCUT2D eigenvalue weighted by Gasteiger charge is 2.13. The average Bonchev–Trinajstić information content (AvgIpc) is 2.62. The lowest BCUT2D eigenvalue weighted by atomic mass is 10.1. The van der Waals surface area contributed by atoms with Crippen LogP contribution >= 0.6 is 0 Å². The first kappa shape index (κ1) is 19.6. The number of anilines is 1. The summed E-state index contributed by atoms with van der Waals surface area (Å²) in [5.41, 5.74) is 3.38. The third kappa shape index (κ3) is 5.36. The molecule has 0 radical (unpaired) electrons. The standard InChI is InChI=1S/C18H18N4O5/c1-11-5-3-8-15(17(11)24)18(25)21-20-12(2)9-16(23)19-13-6-4-7-14(10-13)22(26)27/h3-8,10,24H,9H2,1-2H3,(H,19,23)(H,21,25)/b20-12+. The fourth-order valence-electron chi connectivity index (χ4n) is 2.22. The summed E-state index contributed by atoms with van der Waals surface area (Å²) in [4.78, 5) is 34.2. The topological polar surface area (TPSA) is 134 Å². The Morgan fingerprint density at radius 1 is 1.22 bits per heavy atom. The van der Waals surface area contributed by atoms with Gasteiger partial charge in [-0.1, -0.05) is 18.2 Å². The van der Waals surface area contributed by atoms with E-state index < -0.39 is 16.7 Å². The van der Waals surface area contributed by atoms with E-state index in [1.54, 1.807) is 26.0 Å². The van der Waals surface area contributed by atoms with E-state index in [2.05, 4.69) is 15.8 Å². The Kier molecular flexibility index (Phi) is 6.21. The molecule has 0 aliphatic rings. The summed E-state index contributed by atoms with van der Waals surface area (Å²) in [6.45, 7) is 3.21. The Morgan fingerprint density at radius 2 is 1.93 bits per heavy atom. The number of rotatable bonds is 6. The molecule has 0 unspecified atom stereocenters. The van der Waals surface area contributed by atoms with Gasteiger partial charge in [-0.3, -0.25) is 19.7 Å². The van der Waals surface area contributed by atoms with Gasteiger partial charge >= 0.3 is 0 Å². The Bertz CT molecular complexity index is 924. The van der Waals surface area contributed by atoms with Gasteiger partial charge in [-0.2, -0.15) is 5.10 Å². The molecular formula is C18H18N4O5. The number of nitro benzene ring substituents is 1. The van der Waals surface area contributed by atoms with E-state index in [9.17, 15) is 24.8 Å². The molecule has 2 amide bonds. The van der Waals surface area contributed by atoms with E-state index in [1.165, 1.54) is 30.3 Å². The molecule has 0 aliphatic heterocycles. The number of hydrazone groups is 1. The van der Waals surface area contributed by atoms with Gasteiger partial charge in [-0.05, 0) is 31.5 Å². The molecule has 27 heavy (non-hydrogen) atoms. The molecule has 0 bridgehead atoms. The zero-order chi connectivity index (χ0) is 20.0. The van der Waals surface area contributed by atoms with Gasteiger partial charge in [0.25, 0.3) is 11.6 Å². The number of non-ortho nitro benzene ring substituents is 1. The number of nitro groups is 1.